The van der Waals surface area contributed by atoms with E-state index in [0.717, 1.165) is 0 Å². The Morgan fingerprint density at radius 2 is 1.91 bits per heavy atom. The van der Waals surface area contributed by atoms with Crippen LogP contribution < -0.4 is 0 Å². The number of rotatable bonds is 1. The number of aromatic nitrogens is 2. The summed E-state index contributed by atoms with van der Waals surface area (Å²) in [6, 6.07) is 1.78. The van der Waals surface area contributed by atoms with Gasteiger partial charge in [-0.05, 0) is 6.07 Å². The molecular weight excluding hydrogens is 166 g/mol. The lowest BCUT2D eigenvalue weighted by molar-refractivity contribution is 0.539. The van der Waals surface area contributed by atoms with Crippen LogP contribution in [0.4, 0.5) is 0 Å². The molecule has 0 aromatic carbocycles. The Labute approximate surface area is 66.6 Å². The van der Waals surface area contributed by atoms with Crippen molar-refractivity contribution in [3.8, 4) is 0 Å². The molecule has 0 saturated carbocycles. The molecule has 0 N–H and O–H groups in total. The second kappa shape index (κ2) is 6.97. The maximum Gasteiger partial charge on any atom is 0.115 e. The van der Waals surface area contributed by atoms with Crippen molar-refractivity contribution in [2.75, 3.05) is 0 Å². The summed E-state index contributed by atoms with van der Waals surface area (Å²) < 4.78 is 20.8. The van der Waals surface area contributed by atoms with Crippen molar-refractivity contribution in [3.63, 3.8) is 0 Å². The second-order valence-electron chi connectivity index (χ2n) is 1.25. The molecule has 0 aliphatic carbocycles. The van der Waals surface area contributed by atoms with Crippen molar-refractivity contribution in [1.82, 2.24) is 9.97 Å². The zero-order valence-corrected chi connectivity index (χ0v) is 6.40. The van der Waals surface area contributed by atoms with E-state index in [9.17, 15) is 0 Å². The molecule has 1 heterocycles. The van der Waals surface area contributed by atoms with Crippen LogP contribution in [0.25, 0.3) is 0 Å². The summed E-state index contributed by atoms with van der Waals surface area (Å²) >= 11 is -2.31. The van der Waals surface area contributed by atoms with Crippen LogP contribution in [-0.2, 0) is 11.3 Å². The fourth-order valence-electron chi connectivity index (χ4n) is 0.253. The molecule has 5 nitrogen and oxygen atoms in total. The predicted molar refractivity (Wildman–Crippen MR) is 40.5 cm³/mol. The summed E-state index contributed by atoms with van der Waals surface area (Å²) in [5.41, 5.74) is 0. The maximum atomic E-state index is 9.14. The quantitative estimate of drug-likeness (QED) is 0.439. The number of hydrogen-bond donors (Lipinski definition) is 0. The van der Waals surface area contributed by atoms with E-state index in [1.165, 1.54) is 6.33 Å². The average Bonchev–Trinajstić information content (AvgIpc) is 2.09. The molecule has 0 saturated heterocycles. The fraction of sp³-hybridized carbons (Fsp3) is 0. The molecule has 1 rings (SSSR count). The molecule has 0 fully saturated rings. The lowest BCUT2D eigenvalue weighted by Crippen LogP contribution is -1.72. The average molecular weight is 172 g/mol. The minimum Gasteiger partial charge on any atom is -0.754 e. The van der Waals surface area contributed by atoms with Gasteiger partial charge in [-0.15, -0.1) is 0 Å². The zero-order chi connectivity index (χ0) is 8.53. The van der Waals surface area contributed by atoms with Crippen LogP contribution in [0.5, 0.6) is 0 Å². The van der Waals surface area contributed by atoms with E-state index in [0.29, 0.717) is 0 Å². The first kappa shape index (κ1) is 9.86. The third-order valence-electron chi connectivity index (χ3n) is 0.583. The Morgan fingerprint density at radius 3 is 2.00 bits per heavy atom. The van der Waals surface area contributed by atoms with E-state index in [1.54, 1.807) is 18.5 Å². The summed E-state index contributed by atoms with van der Waals surface area (Å²) in [6.45, 7) is 2.70. The van der Waals surface area contributed by atoms with Gasteiger partial charge in [-0.2, -0.15) is 0 Å². The van der Waals surface area contributed by atoms with Gasteiger partial charge in [0.15, 0.2) is 0 Å². The Hall–Kier alpha value is -1.14. The summed E-state index contributed by atoms with van der Waals surface area (Å²) in [7, 11) is 0. The molecule has 0 spiro atoms. The normalized spacial score (nSPS) is 10.6. The summed E-state index contributed by atoms with van der Waals surface area (Å²) in [5.74, 6) is 0. The first-order chi connectivity index (χ1) is 5.27. The van der Waals surface area contributed by atoms with E-state index in [1.807, 2.05) is 0 Å². The maximum absolute atomic E-state index is 9.14. The highest BCUT2D eigenvalue weighted by atomic mass is 32.2. The van der Waals surface area contributed by atoms with Crippen LogP contribution in [0.3, 0.4) is 0 Å². The van der Waals surface area contributed by atoms with Gasteiger partial charge in [-0.3, -0.25) is 4.21 Å². The minimum absolute atomic E-state index is 1.50. The van der Waals surface area contributed by atoms with Crippen molar-refractivity contribution in [3.05, 3.63) is 24.8 Å². The van der Waals surface area contributed by atoms with E-state index < -0.39 is 11.3 Å². The molecule has 60 valence electrons. The van der Waals surface area contributed by atoms with Crippen molar-refractivity contribution >= 4 is 18.0 Å². The van der Waals surface area contributed by atoms with Gasteiger partial charge in [-0.25, -0.2) is 14.4 Å². The van der Waals surface area contributed by atoms with Gasteiger partial charge in [0, 0.05) is 19.1 Å². The molecule has 1 atom stereocenters. The smallest absolute Gasteiger partial charge is 0.115 e. The van der Waals surface area contributed by atoms with E-state index in [-0.39, 0.29) is 0 Å². The van der Waals surface area contributed by atoms with Gasteiger partial charge in [0.25, 0.3) is 0 Å². The van der Waals surface area contributed by atoms with Crippen LogP contribution in [-0.4, -0.2) is 25.4 Å². The van der Waals surface area contributed by atoms with Crippen LogP contribution in [0, 0.1) is 0 Å². The number of nitrogens with zero attached hydrogens (tertiary/aromatic N) is 3. The Balaban J connectivity index is 0.000000187. The topological polar surface area (TPSA) is 78.3 Å². The van der Waals surface area contributed by atoms with Crippen LogP contribution in [0.2, 0.25) is 0 Å². The molecule has 0 aliphatic heterocycles. The third-order valence-corrected chi connectivity index (χ3v) is 0.794. The molecule has 0 radical (unpaired) electrons. The molecule has 6 heteroatoms. The first-order valence-electron chi connectivity index (χ1n) is 2.53. The lowest BCUT2D eigenvalue weighted by Gasteiger charge is -1.86. The second-order valence-corrected chi connectivity index (χ2v) is 1.94. The van der Waals surface area contributed by atoms with Gasteiger partial charge in [-0.1, -0.05) is 0 Å². The van der Waals surface area contributed by atoms with Gasteiger partial charge < -0.3 is 4.55 Å². The van der Waals surface area contributed by atoms with E-state index in [2.05, 4.69) is 21.1 Å². The molecule has 1 aromatic heterocycles. The van der Waals surface area contributed by atoms with Crippen molar-refractivity contribution in [2.45, 2.75) is 0 Å². The van der Waals surface area contributed by atoms with Crippen molar-refractivity contribution in [1.29, 1.82) is 0 Å². The summed E-state index contributed by atoms with van der Waals surface area (Å²) in [5, 5.41) is 0. The lowest BCUT2D eigenvalue weighted by atomic mass is 10.7. The van der Waals surface area contributed by atoms with Crippen LogP contribution >= 0.6 is 0 Å². The van der Waals surface area contributed by atoms with Crippen molar-refractivity contribution in [2.24, 2.45) is 4.40 Å². The predicted octanol–water partition coefficient (Wildman–Crippen LogP) is -0.0423. The minimum atomic E-state index is -2.31. The highest BCUT2D eigenvalue weighted by Crippen LogP contribution is 1.66. The molecule has 0 aliphatic rings. The van der Waals surface area contributed by atoms with Gasteiger partial charge in [0.05, 0.1) is 11.3 Å². The van der Waals surface area contributed by atoms with Gasteiger partial charge >= 0.3 is 0 Å². The van der Waals surface area contributed by atoms with Crippen molar-refractivity contribution < 1.29 is 8.76 Å². The van der Waals surface area contributed by atoms with E-state index in [4.69, 9.17) is 8.76 Å². The Kier molecular flexibility index (Phi) is 6.25. The molecule has 1 unspecified atom stereocenters. The third kappa shape index (κ3) is 8.86. The van der Waals surface area contributed by atoms with Gasteiger partial charge in [0.2, 0.25) is 0 Å². The Morgan fingerprint density at radius 1 is 1.45 bits per heavy atom. The highest BCUT2D eigenvalue weighted by molar-refractivity contribution is 7.77. The zero-order valence-electron chi connectivity index (χ0n) is 5.58. The fourth-order valence-corrected chi connectivity index (χ4v) is 0.253. The molecule has 0 bridgehead atoms. The first-order valence-corrected chi connectivity index (χ1v) is 3.56. The molecular formula is C5H6N3O2S-. The number of hydrogen-bond acceptors (Lipinski definition) is 4. The monoisotopic (exact) mass is 172 g/mol. The largest absolute Gasteiger partial charge is 0.754 e. The summed E-state index contributed by atoms with van der Waals surface area (Å²) in [6.07, 6.45) is 4.88. The van der Waals surface area contributed by atoms with Crippen LogP contribution in [0.1, 0.15) is 0 Å². The molecule has 11 heavy (non-hydrogen) atoms. The van der Waals surface area contributed by atoms with Crippen LogP contribution in [0.15, 0.2) is 29.2 Å². The highest BCUT2D eigenvalue weighted by Gasteiger charge is 1.59. The van der Waals surface area contributed by atoms with E-state index >= 15 is 0 Å². The summed E-state index contributed by atoms with van der Waals surface area (Å²) in [4.78, 5) is 7.35. The molecule has 1 aromatic rings. The SMILES string of the molecule is C=NS(=O)[O-].c1cncnc1. The Bertz CT molecular complexity index is 190. The molecule has 0 amide bonds. The van der Waals surface area contributed by atoms with Gasteiger partial charge in [0.1, 0.15) is 6.33 Å². The standard InChI is InChI=1S/C4H4N2.CH3NO2S/c1-2-5-4-6-3-1;1-2-5(3)4/h1-4H;1H2,(H,3,4)/p-1.